The Bertz CT molecular complexity index is 645. The minimum Gasteiger partial charge on any atom is -0.369 e. The van der Waals surface area contributed by atoms with Crippen LogP contribution in [0, 0.1) is 11.7 Å². The second-order valence-electron chi connectivity index (χ2n) is 3.26. The summed E-state index contributed by atoms with van der Waals surface area (Å²) < 4.78 is 0.103. The van der Waals surface area contributed by atoms with Crippen LogP contribution < -0.4 is 11.2 Å². The zero-order chi connectivity index (χ0) is 11.7. The minimum absolute atomic E-state index is 0.103. The molecule has 0 aliphatic heterocycles. The molecule has 16 heavy (non-hydrogen) atoms. The number of H-pyrrole nitrogens is 2. The summed E-state index contributed by atoms with van der Waals surface area (Å²) in [5.74, 6) is 0.453. The Balaban J connectivity index is 2.68. The van der Waals surface area contributed by atoms with Gasteiger partial charge >= 0.3 is 0 Å². The van der Waals surface area contributed by atoms with E-state index in [9.17, 15) is 4.79 Å². The molecule has 0 spiro atoms. The van der Waals surface area contributed by atoms with Crippen molar-refractivity contribution >= 4 is 18.2 Å². The zero-order valence-corrected chi connectivity index (χ0v) is 9.26. The molecule has 4 N–H and O–H groups in total. The largest absolute Gasteiger partial charge is 0.369 e. The van der Waals surface area contributed by atoms with E-state index < -0.39 is 0 Å². The highest BCUT2D eigenvalue weighted by molar-refractivity contribution is 7.71. The van der Waals surface area contributed by atoms with E-state index in [1.807, 2.05) is 0 Å². The van der Waals surface area contributed by atoms with Gasteiger partial charge in [-0.1, -0.05) is 0 Å². The summed E-state index contributed by atoms with van der Waals surface area (Å²) >= 11 is 4.82. The number of rotatable bonds is 1. The molecule has 0 bridgehead atoms. The summed E-state index contributed by atoms with van der Waals surface area (Å²) in [6, 6.07) is 1.48. The highest BCUT2D eigenvalue weighted by atomic mass is 32.1. The van der Waals surface area contributed by atoms with E-state index in [2.05, 4.69) is 19.9 Å². The van der Waals surface area contributed by atoms with Crippen molar-refractivity contribution in [3.63, 3.8) is 0 Å². The lowest BCUT2D eigenvalue weighted by molar-refractivity contribution is 1.04. The van der Waals surface area contributed by atoms with Gasteiger partial charge < -0.3 is 15.7 Å². The average Bonchev–Trinajstić information content (AvgIpc) is 2.15. The molecule has 82 valence electrons. The highest BCUT2D eigenvalue weighted by Gasteiger charge is 2.06. The van der Waals surface area contributed by atoms with Gasteiger partial charge in [0.2, 0.25) is 10.7 Å². The molecule has 2 heterocycles. The lowest BCUT2D eigenvalue weighted by Gasteiger charge is -2.01. The quantitative estimate of drug-likeness (QED) is 0.634. The predicted octanol–water partition coefficient (Wildman–Crippen LogP) is 0.780. The van der Waals surface area contributed by atoms with Gasteiger partial charge in [0.1, 0.15) is 5.82 Å². The van der Waals surface area contributed by atoms with Gasteiger partial charge in [0.05, 0.1) is 5.56 Å². The van der Waals surface area contributed by atoms with Crippen molar-refractivity contribution in [3.8, 4) is 11.4 Å². The molecule has 0 aromatic carbocycles. The smallest absolute Gasteiger partial charge is 0.224 e. The van der Waals surface area contributed by atoms with Gasteiger partial charge in [-0.2, -0.15) is 4.98 Å². The summed E-state index contributed by atoms with van der Waals surface area (Å²) in [5, 5.41) is 0. The van der Waals surface area contributed by atoms with Crippen LogP contribution in [0.4, 0.5) is 5.95 Å². The minimum atomic E-state index is -0.153. The van der Waals surface area contributed by atoms with Crippen molar-refractivity contribution in [2.45, 2.75) is 6.92 Å². The van der Waals surface area contributed by atoms with Crippen LogP contribution in [0.2, 0.25) is 0 Å². The number of hydrogen-bond donors (Lipinski definition) is 3. The summed E-state index contributed by atoms with van der Waals surface area (Å²) in [6.45, 7) is 1.79. The van der Waals surface area contributed by atoms with E-state index in [1.54, 1.807) is 13.1 Å². The fraction of sp³-hybridized carbons (Fsp3) is 0.111. The van der Waals surface area contributed by atoms with Crippen molar-refractivity contribution in [2.24, 2.45) is 0 Å². The molecule has 0 aliphatic rings. The Hall–Kier alpha value is -2.02. The summed E-state index contributed by atoms with van der Waals surface area (Å²) in [4.78, 5) is 25.0. The molecule has 0 atom stereocenters. The predicted molar refractivity (Wildman–Crippen MR) is 62.4 cm³/mol. The molecule has 0 amide bonds. The molecule has 2 aromatic rings. The normalized spacial score (nSPS) is 10.3. The fourth-order valence-corrected chi connectivity index (χ4v) is 1.48. The molecule has 2 aromatic heterocycles. The maximum Gasteiger partial charge on any atom is 0.224 e. The lowest BCUT2D eigenvalue weighted by atomic mass is 10.2. The van der Waals surface area contributed by atoms with E-state index >= 15 is 0 Å². The first-order valence-corrected chi connectivity index (χ1v) is 4.90. The van der Waals surface area contributed by atoms with Crippen molar-refractivity contribution in [1.29, 1.82) is 0 Å². The molecule has 2 rings (SSSR count). The van der Waals surface area contributed by atoms with Gasteiger partial charge in [-0.05, 0) is 19.1 Å². The van der Waals surface area contributed by atoms with Crippen LogP contribution in [0.15, 0.2) is 17.1 Å². The molecule has 0 aliphatic carbocycles. The Kier molecular flexibility index (Phi) is 2.53. The summed E-state index contributed by atoms with van der Waals surface area (Å²) in [5.41, 5.74) is 6.49. The first-order chi connectivity index (χ1) is 7.56. The Morgan fingerprint density at radius 2 is 2.19 bits per heavy atom. The molecule has 7 heteroatoms. The average molecular weight is 235 g/mol. The molecule has 6 nitrogen and oxygen atoms in total. The molecule has 0 unspecified atom stereocenters. The lowest BCUT2D eigenvalue weighted by Crippen LogP contribution is -2.09. The third-order valence-electron chi connectivity index (χ3n) is 1.98. The van der Waals surface area contributed by atoms with Gasteiger partial charge in [0, 0.05) is 18.0 Å². The molecule has 0 radical (unpaired) electrons. The van der Waals surface area contributed by atoms with E-state index in [-0.39, 0.29) is 16.1 Å². The van der Waals surface area contributed by atoms with Crippen LogP contribution in [0.1, 0.15) is 5.69 Å². The van der Waals surface area contributed by atoms with E-state index in [0.29, 0.717) is 11.4 Å². The first kappa shape index (κ1) is 10.5. The molecular weight excluding hydrogens is 226 g/mol. The van der Waals surface area contributed by atoms with Crippen molar-refractivity contribution in [2.75, 3.05) is 5.73 Å². The second kappa shape index (κ2) is 3.86. The monoisotopic (exact) mass is 235 g/mol. The Morgan fingerprint density at radius 1 is 1.44 bits per heavy atom. The third kappa shape index (κ3) is 1.98. The van der Waals surface area contributed by atoms with Gasteiger partial charge in [0.25, 0.3) is 0 Å². The van der Waals surface area contributed by atoms with Crippen molar-refractivity contribution in [3.05, 3.63) is 33.0 Å². The van der Waals surface area contributed by atoms with Gasteiger partial charge in [-0.15, -0.1) is 0 Å². The molecule has 0 saturated carbocycles. The van der Waals surface area contributed by atoms with Gasteiger partial charge in [-0.3, -0.25) is 4.79 Å². The number of pyridine rings is 1. The summed E-state index contributed by atoms with van der Waals surface area (Å²) in [6.07, 6.45) is 1.56. The molecular formula is C9H9N5OS. The number of aromatic amines is 2. The number of nitrogens with two attached hydrogens (primary N) is 1. The number of nitrogen functional groups attached to an aromatic ring is 1. The van der Waals surface area contributed by atoms with E-state index in [0.717, 1.165) is 5.69 Å². The number of anilines is 1. The Morgan fingerprint density at radius 3 is 2.81 bits per heavy atom. The van der Waals surface area contributed by atoms with Gasteiger partial charge in [0.15, 0.2) is 5.43 Å². The maximum absolute atomic E-state index is 11.7. The van der Waals surface area contributed by atoms with E-state index in [4.69, 9.17) is 18.0 Å². The van der Waals surface area contributed by atoms with Crippen LogP contribution in [-0.4, -0.2) is 19.9 Å². The van der Waals surface area contributed by atoms with Gasteiger partial charge in [-0.25, -0.2) is 4.98 Å². The highest BCUT2D eigenvalue weighted by Crippen LogP contribution is 2.08. The number of aryl methyl sites for hydroxylation is 1. The topological polar surface area (TPSA) is 100 Å². The van der Waals surface area contributed by atoms with Crippen LogP contribution in [0.3, 0.4) is 0 Å². The second-order valence-corrected chi connectivity index (χ2v) is 3.62. The molecule has 0 fully saturated rings. The third-order valence-corrected chi connectivity index (χ3v) is 2.16. The zero-order valence-electron chi connectivity index (χ0n) is 8.44. The molecule has 0 saturated heterocycles. The van der Waals surface area contributed by atoms with Crippen molar-refractivity contribution in [1.82, 2.24) is 19.9 Å². The van der Waals surface area contributed by atoms with Crippen LogP contribution >= 0.6 is 12.2 Å². The summed E-state index contributed by atoms with van der Waals surface area (Å²) in [7, 11) is 0. The number of hydrogen-bond acceptors (Lipinski definition) is 5. The van der Waals surface area contributed by atoms with E-state index in [1.165, 1.54) is 6.07 Å². The fourth-order valence-electron chi connectivity index (χ4n) is 1.29. The first-order valence-electron chi connectivity index (χ1n) is 4.50. The van der Waals surface area contributed by atoms with Crippen LogP contribution in [0.25, 0.3) is 11.4 Å². The maximum atomic E-state index is 11.7. The standard InChI is InChI=1S/C9H9N5OS/c1-4-2-6(15)5(3-11-4)7-12-8(10)14-9(16)13-7/h2-3H,1H3,(H,11,15)(H3,10,12,13,14,16). The number of aromatic nitrogens is 4. The Labute approximate surface area is 95.6 Å². The van der Waals surface area contributed by atoms with Crippen LogP contribution in [0.5, 0.6) is 0 Å². The number of nitrogens with one attached hydrogen (secondary N) is 2. The SMILES string of the molecule is Cc1cc(=O)c(-c2nc(=S)nc(N)[nH]2)c[nH]1. The number of nitrogens with zero attached hydrogens (tertiary/aromatic N) is 2. The van der Waals surface area contributed by atoms with Crippen molar-refractivity contribution < 1.29 is 0 Å². The van der Waals surface area contributed by atoms with Crippen LogP contribution in [-0.2, 0) is 0 Å².